The summed E-state index contributed by atoms with van der Waals surface area (Å²) < 4.78 is 5.84. The minimum Gasteiger partial charge on any atom is -0.486 e. The van der Waals surface area contributed by atoms with Crippen LogP contribution in [0.5, 0.6) is 0 Å². The van der Waals surface area contributed by atoms with Crippen molar-refractivity contribution >= 4 is 5.91 Å². The van der Waals surface area contributed by atoms with Crippen molar-refractivity contribution in [1.82, 2.24) is 5.32 Å². The van der Waals surface area contributed by atoms with E-state index in [1.54, 1.807) is 0 Å². The highest BCUT2D eigenvalue weighted by molar-refractivity contribution is 5.87. The number of aliphatic hydroxyl groups excluding tert-OH is 1. The summed E-state index contributed by atoms with van der Waals surface area (Å²) in [6.07, 6.45) is 8.29. The van der Waals surface area contributed by atoms with Crippen LogP contribution in [0.1, 0.15) is 46.0 Å². The van der Waals surface area contributed by atoms with Crippen LogP contribution in [0.15, 0.2) is 24.5 Å². The zero-order chi connectivity index (χ0) is 15.3. The molecule has 2 N–H and O–H groups in total. The molecule has 2 unspecified atom stereocenters. The van der Waals surface area contributed by atoms with Gasteiger partial charge in [-0.15, -0.1) is 0 Å². The highest BCUT2D eigenvalue weighted by Crippen LogP contribution is 2.57. The Labute approximate surface area is 126 Å². The molecular formula is C17H25NO3. The number of ether oxygens (including phenoxy) is 1. The molecule has 0 aromatic rings. The molecule has 5 atom stereocenters. The summed E-state index contributed by atoms with van der Waals surface area (Å²) in [5.41, 5.74) is -1.50. The monoisotopic (exact) mass is 291 g/mol. The Balaban J connectivity index is 1.94. The number of hydrogen-bond donors (Lipinski definition) is 2. The summed E-state index contributed by atoms with van der Waals surface area (Å²) in [5.74, 6) is 0.329. The fourth-order valence-electron chi connectivity index (χ4n) is 4.37. The Morgan fingerprint density at radius 2 is 2.38 bits per heavy atom. The Bertz CT molecular complexity index is 500. The normalized spacial score (nSPS) is 42.8. The van der Waals surface area contributed by atoms with E-state index in [2.05, 4.69) is 31.0 Å². The predicted molar refractivity (Wildman–Crippen MR) is 80.4 cm³/mol. The average molecular weight is 291 g/mol. The van der Waals surface area contributed by atoms with E-state index >= 15 is 0 Å². The van der Waals surface area contributed by atoms with Crippen molar-refractivity contribution in [3.8, 4) is 0 Å². The predicted octanol–water partition coefficient (Wildman–Crippen LogP) is 2.29. The number of nitrogens with one attached hydrogen (secondary N) is 1. The number of fused-ring (bicyclic) bond motifs is 1. The molecule has 0 aromatic heterocycles. The van der Waals surface area contributed by atoms with E-state index in [4.69, 9.17) is 4.74 Å². The Hall–Kier alpha value is -1.29. The Morgan fingerprint density at radius 1 is 1.62 bits per heavy atom. The SMILES string of the molecule is C=C1O[C@@]2(C)[C@@H](CCC)C(=O)NC12C(O)[C@@H]1C=CCCC1. The van der Waals surface area contributed by atoms with Crippen LogP contribution in [-0.2, 0) is 9.53 Å². The standard InChI is InChI=1S/C17H25NO3/c1-4-8-13-15(20)18-17(11(2)21-16(13,17)3)14(19)12-9-6-5-7-10-12/h6,9,12-14,19H,2,4-5,7-8,10H2,1,3H3,(H,18,20)/t12-,13+,14?,16+,17?/m1/s1. The maximum Gasteiger partial charge on any atom is 0.228 e. The van der Waals surface area contributed by atoms with Gasteiger partial charge in [-0.2, -0.15) is 0 Å². The van der Waals surface area contributed by atoms with Gasteiger partial charge in [-0.3, -0.25) is 4.79 Å². The van der Waals surface area contributed by atoms with Gasteiger partial charge in [-0.25, -0.2) is 0 Å². The van der Waals surface area contributed by atoms with Gasteiger partial charge in [0.1, 0.15) is 5.76 Å². The zero-order valence-electron chi connectivity index (χ0n) is 12.9. The molecule has 3 rings (SSSR count). The van der Waals surface area contributed by atoms with Crippen molar-refractivity contribution in [2.75, 3.05) is 0 Å². The van der Waals surface area contributed by atoms with Crippen molar-refractivity contribution in [1.29, 1.82) is 0 Å². The highest BCUT2D eigenvalue weighted by atomic mass is 16.5. The molecule has 2 aliphatic heterocycles. The maximum absolute atomic E-state index is 12.4. The number of carbonyl (C=O) groups excluding carboxylic acids is 1. The third-order valence-electron chi connectivity index (χ3n) is 5.58. The fraction of sp³-hybridized carbons (Fsp3) is 0.706. The molecule has 2 heterocycles. The first-order valence-electron chi connectivity index (χ1n) is 8.02. The molecule has 4 nitrogen and oxygen atoms in total. The molecule has 2 saturated heterocycles. The lowest BCUT2D eigenvalue weighted by atomic mass is 9.63. The average Bonchev–Trinajstić information content (AvgIpc) is 2.65. The van der Waals surface area contributed by atoms with Gasteiger partial charge in [0.05, 0.1) is 12.0 Å². The van der Waals surface area contributed by atoms with E-state index in [0.717, 1.165) is 32.1 Å². The number of aliphatic hydroxyl groups is 1. The second kappa shape index (κ2) is 4.87. The van der Waals surface area contributed by atoms with E-state index < -0.39 is 17.2 Å². The quantitative estimate of drug-likeness (QED) is 0.781. The van der Waals surface area contributed by atoms with Gasteiger partial charge < -0.3 is 15.2 Å². The van der Waals surface area contributed by atoms with Crippen LogP contribution in [0.2, 0.25) is 0 Å². The maximum atomic E-state index is 12.4. The smallest absolute Gasteiger partial charge is 0.228 e. The first-order valence-corrected chi connectivity index (χ1v) is 8.02. The van der Waals surface area contributed by atoms with Gasteiger partial charge in [0, 0.05) is 5.92 Å². The number of allylic oxidation sites excluding steroid dienone is 1. The van der Waals surface area contributed by atoms with E-state index in [0.29, 0.717) is 5.76 Å². The number of amides is 1. The number of rotatable bonds is 4. The molecule has 0 bridgehead atoms. The minimum atomic E-state index is -0.823. The van der Waals surface area contributed by atoms with E-state index in [1.807, 2.05) is 6.92 Å². The van der Waals surface area contributed by atoms with Crippen molar-refractivity contribution in [2.24, 2.45) is 11.8 Å². The van der Waals surface area contributed by atoms with Crippen LogP contribution in [0.25, 0.3) is 0 Å². The lowest BCUT2D eigenvalue weighted by molar-refractivity contribution is -0.202. The first-order chi connectivity index (χ1) is 9.97. The lowest BCUT2D eigenvalue weighted by Crippen LogP contribution is -2.75. The van der Waals surface area contributed by atoms with E-state index in [-0.39, 0.29) is 17.7 Å². The van der Waals surface area contributed by atoms with Gasteiger partial charge in [-0.1, -0.05) is 32.1 Å². The van der Waals surface area contributed by atoms with Crippen LogP contribution >= 0.6 is 0 Å². The highest BCUT2D eigenvalue weighted by Gasteiger charge is 2.75. The summed E-state index contributed by atoms with van der Waals surface area (Å²) in [6, 6.07) is 0. The minimum absolute atomic E-state index is 0.0168. The summed E-state index contributed by atoms with van der Waals surface area (Å²) >= 11 is 0. The molecule has 4 heteroatoms. The third kappa shape index (κ3) is 1.75. The van der Waals surface area contributed by atoms with Crippen molar-refractivity contribution < 1.29 is 14.6 Å². The summed E-state index contributed by atoms with van der Waals surface area (Å²) in [6.45, 7) is 7.94. The fourth-order valence-corrected chi connectivity index (χ4v) is 4.37. The molecule has 116 valence electrons. The molecule has 0 saturated carbocycles. The molecule has 21 heavy (non-hydrogen) atoms. The van der Waals surface area contributed by atoms with Gasteiger partial charge in [-0.05, 0) is 32.6 Å². The van der Waals surface area contributed by atoms with Crippen LogP contribution in [0.3, 0.4) is 0 Å². The third-order valence-corrected chi connectivity index (χ3v) is 5.58. The Kier molecular flexibility index (Phi) is 3.40. The summed E-state index contributed by atoms with van der Waals surface area (Å²) in [7, 11) is 0. The Morgan fingerprint density at radius 3 is 2.95 bits per heavy atom. The van der Waals surface area contributed by atoms with Crippen LogP contribution < -0.4 is 5.32 Å². The van der Waals surface area contributed by atoms with Gasteiger partial charge in [0.15, 0.2) is 11.1 Å². The van der Waals surface area contributed by atoms with Gasteiger partial charge >= 0.3 is 0 Å². The van der Waals surface area contributed by atoms with Crippen molar-refractivity contribution in [3.63, 3.8) is 0 Å². The topological polar surface area (TPSA) is 58.6 Å². The molecular weight excluding hydrogens is 266 g/mol. The lowest BCUT2D eigenvalue weighted by Gasteiger charge is -2.58. The summed E-state index contributed by atoms with van der Waals surface area (Å²) in [4.78, 5) is 12.4. The second-order valence-corrected chi connectivity index (χ2v) is 6.74. The van der Waals surface area contributed by atoms with Crippen molar-refractivity contribution in [3.05, 3.63) is 24.5 Å². The van der Waals surface area contributed by atoms with Gasteiger partial charge in [0.25, 0.3) is 0 Å². The van der Waals surface area contributed by atoms with Crippen molar-refractivity contribution in [2.45, 2.75) is 63.2 Å². The van der Waals surface area contributed by atoms with Gasteiger partial charge in [0.2, 0.25) is 5.91 Å². The number of carbonyl (C=O) groups is 1. The largest absolute Gasteiger partial charge is 0.486 e. The van der Waals surface area contributed by atoms with Crippen LogP contribution in [0, 0.1) is 11.8 Å². The molecule has 1 aliphatic carbocycles. The molecule has 1 amide bonds. The summed E-state index contributed by atoms with van der Waals surface area (Å²) in [5, 5.41) is 14.0. The zero-order valence-corrected chi connectivity index (χ0v) is 12.9. The van der Waals surface area contributed by atoms with Crippen LogP contribution in [0.4, 0.5) is 0 Å². The van der Waals surface area contributed by atoms with E-state index in [9.17, 15) is 9.90 Å². The molecule has 0 radical (unpaired) electrons. The van der Waals surface area contributed by atoms with Crippen LogP contribution in [-0.4, -0.2) is 28.3 Å². The molecule has 0 aromatic carbocycles. The molecule has 2 fully saturated rings. The first kappa shape index (κ1) is 14.6. The second-order valence-electron chi connectivity index (χ2n) is 6.74. The van der Waals surface area contributed by atoms with E-state index in [1.165, 1.54) is 0 Å². The number of hydrogen-bond acceptors (Lipinski definition) is 3. The molecule has 3 aliphatic rings. The molecule has 0 spiro atoms.